The Kier molecular flexibility index (Phi) is 4.53. The standard InChI is InChI=1S/C18H26N2O4/c1-17(2,3)24-16(22)15-14(5-4-8-19-15)20-9-6-18(7-10-20)11-13(21)12-23-18/h4-5,8,13,21H,6-7,9-12H2,1-3H3. The molecule has 2 aliphatic rings. The fourth-order valence-corrected chi connectivity index (χ4v) is 3.46. The summed E-state index contributed by atoms with van der Waals surface area (Å²) in [5.41, 5.74) is 0.409. The number of aromatic nitrogens is 1. The molecule has 0 amide bonds. The number of piperidine rings is 1. The maximum atomic E-state index is 12.4. The zero-order chi connectivity index (χ0) is 17.4. The van der Waals surface area contributed by atoms with Crippen molar-refractivity contribution in [2.75, 3.05) is 24.6 Å². The first-order valence-electron chi connectivity index (χ1n) is 8.53. The van der Waals surface area contributed by atoms with E-state index in [2.05, 4.69) is 9.88 Å². The lowest BCUT2D eigenvalue weighted by molar-refractivity contribution is -0.0167. The van der Waals surface area contributed by atoms with Crippen LogP contribution in [0.5, 0.6) is 0 Å². The number of carbonyl (C=O) groups excluding carboxylic acids is 1. The summed E-state index contributed by atoms with van der Waals surface area (Å²) >= 11 is 0. The molecule has 1 aromatic rings. The van der Waals surface area contributed by atoms with Gasteiger partial charge < -0.3 is 19.5 Å². The lowest BCUT2D eigenvalue weighted by Gasteiger charge is -2.40. The topological polar surface area (TPSA) is 71.9 Å². The Morgan fingerprint density at radius 2 is 2.12 bits per heavy atom. The van der Waals surface area contributed by atoms with Crippen LogP contribution < -0.4 is 4.90 Å². The minimum atomic E-state index is -0.550. The molecule has 0 bridgehead atoms. The number of nitrogens with zero attached hydrogens (tertiary/aromatic N) is 2. The van der Waals surface area contributed by atoms with Crippen molar-refractivity contribution in [3.63, 3.8) is 0 Å². The molecule has 0 aromatic carbocycles. The summed E-state index contributed by atoms with van der Waals surface area (Å²) in [6.07, 6.45) is 3.64. The van der Waals surface area contributed by atoms with Crippen LogP contribution >= 0.6 is 0 Å². The minimum absolute atomic E-state index is 0.204. The molecule has 3 rings (SSSR count). The molecule has 1 unspecified atom stereocenters. The van der Waals surface area contributed by atoms with Gasteiger partial charge in [-0.15, -0.1) is 0 Å². The Morgan fingerprint density at radius 1 is 1.42 bits per heavy atom. The molecule has 1 atom stereocenters. The highest BCUT2D eigenvalue weighted by molar-refractivity contribution is 5.93. The van der Waals surface area contributed by atoms with Crippen molar-refractivity contribution < 1.29 is 19.4 Å². The van der Waals surface area contributed by atoms with E-state index in [9.17, 15) is 9.90 Å². The molecule has 3 heterocycles. The largest absolute Gasteiger partial charge is 0.455 e. The van der Waals surface area contributed by atoms with Gasteiger partial charge >= 0.3 is 5.97 Å². The quantitative estimate of drug-likeness (QED) is 0.836. The highest BCUT2D eigenvalue weighted by atomic mass is 16.6. The zero-order valence-electron chi connectivity index (χ0n) is 14.6. The van der Waals surface area contributed by atoms with Gasteiger partial charge in [0, 0.05) is 25.7 Å². The first-order valence-corrected chi connectivity index (χ1v) is 8.53. The SMILES string of the molecule is CC(C)(C)OC(=O)c1ncccc1N1CCC2(CC1)CC(O)CO2. The predicted octanol–water partition coefficient (Wildman–Crippen LogP) is 2.16. The number of anilines is 1. The van der Waals surface area contributed by atoms with E-state index in [1.54, 1.807) is 6.20 Å². The van der Waals surface area contributed by atoms with Crippen LogP contribution in [0.2, 0.25) is 0 Å². The second-order valence-electron chi connectivity index (χ2n) is 7.71. The number of hydrogen-bond acceptors (Lipinski definition) is 6. The van der Waals surface area contributed by atoms with Gasteiger partial charge in [0.25, 0.3) is 0 Å². The average molecular weight is 334 g/mol. The van der Waals surface area contributed by atoms with Crippen molar-refractivity contribution >= 4 is 11.7 Å². The molecule has 132 valence electrons. The van der Waals surface area contributed by atoms with Crippen molar-refractivity contribution in [3.05, 3.63) is 24.0 Å². The van der Waals surface area contributed by atoms with E-state index >= 15 is 0 Å². The highest BCUT2D eigenvalue weighted by Gasteiger charge is 2.42. The van der Waals surface area contributed by atoms with Gasteiger partial charge in [-0.05, 0) is 45.7 Å². The van der Waals surface area contributed by atoms with Crippen LogP contribution in [0, 0.1) is 0 Å². The van der Waals surface area contributed by atoms with Gasteiger partial charge in [0.2, 0.25) is 0 Å². The molecule has 24 heavy (non-hydrogen) atoms. The number of hydrogen-bond donors (Lipinski definition) is 1. The Labute approximate surface area is 142 Å². The Morgan fingerprint density at radius 3 is 2.71 bits per heavy atom. The van der Waals surface area contributed by atoms with Gasteiger partial charge in [0.15, 0.2) is 5.69 Å². The van der Waals surface area contributed by atoms with Gasteiger partial charge in [0.1, 0.15) is 5.60 Å². The third-order valence-electron chi connectivity index (χ3n) is 4.58. The average Bonchev–Trinajstić information content (AvgIpc) is 2.87. The smallest absolute Gasteiger partial charge is 0.359 e. The molecule has 2 aliphatic heterocycles. The number of aliphatic hydroxyl groups excluding tert-OH is 1. The minimum Gasteiger partial charge on any atom is -0.455 e. The summed E-state index contributed by atoms with van der Waals surface area (Å²) < 4.78 is 11.3. The van der Waals surface area contributed by atoms with E-state index < -0.39 is 11.6 Å². The van der Waals surface area contributed by atoms with Gasteiger partial charge in [-0.25, -0.2) is 9.78 Å². The molecule has 6 heteroatoms. The molecule has 1 aromatic heterocycles. The molecule has 2 fully saturated rings. The normalized spacial score (nSPS) is 23.5. The summed E-state index contributed by atoms with van der Waals surface area (Å²) in [7, 11) is 0. The second kappa shape index (κ2) is 6.33. The molecular weight excluding hydrogens is 308 g/mol. The number of carbonyl (C=O) groups is 1. The van der Waals surface area contributed by atoms with Crippen LogP contribution in [0.1, 0.15) is 50.5 Å². The maximum Gasteiger partial charge on any atom is 0.359 e. The van der Waals surface area contributed by atoms with E-state index in [1.165, 1.54) is 0 Å². The van der Waals surface area contributed by atoms with Crippen molar-refractivity contribution in [2.45, 2.75) is 57.3 Å². The molecule has 1 N–H and O–H groups in total. The van der Waals surface area contributed by atoms with Crippen molar-refractivity contribution in [1.82, 2.24) is 4.98 Å². The van der Waals surface area contributed by atoms with Crippen LogP contribution in [0.15, 0.2) is 18.3 Å². The summed E-state index contributed by atoms with van der Waals surface area (Å²) in [5.74, 6) is -0.397. The number of rotatable bonds is 2. The third kappa shape index (κ3) is 3.70. The lowest BCUT2D eigenvalue weighted by atomic mass is 9.87. The fraction of sp³-hybridized carbons (Fsp3) is 0.667. The maximum absolute atomic E-state index is 12.4. The van der Waals surface area contributed by atoms with E-state index in [0.717, 1.165) is 31.6 Å². The molecule has 0 aliphatic carbocycles. The summed E-state index contributed by atoms with van der Waals surface area (Å²) in [4.78, 5) is 18.9. The molecule has 2 saturated heterocycles. The van der Waals surface area contributed by atoms with Crippen molar-refractivity contribution in [2.24, 2.45) is 0 Å². The summed E-state index contributed by atoms with van der Waals surface area (Å²) in [6, 6.07) is 3.75. The third-order valence-corrected chi connectivity index (χ3v) is 4.58. The Bertz CT molecular complexity index is 603. The molecular formula is C18H26N2O4. The number of pyridine rings is 1. The van der Waals surface area contributed by atoms with E-state index in [0.29, 0.717) is 18.7 Å². The monoisotopic (exact) mass is 334 g/mol. The van der Waals surface area contributed by atoms with Crippen LogP contribution in [0.4, 0.5) is 5.69 Å². The number of esters is 1. The van der Waals surface area contributed by atoms with Crippen LogP contribution in [0.3, 0.4) is 0 Å². The second-order valence-corrected chi connectivity index (χ2v) is 7.71. The molecule has 1 spiro atoms. The first kappa shape index (κ1) is 17.2. The first-order chi connectivity index (χ1) is 11.3. The number of aliphatic hydroxyl groups is 1. The highest BCUT2D eigenvalue weighted by Crippen LogP contribution is 2.37. The summed E-state index contributed by atoms with van der Waals surface area (Å²) in [5, 5.41) is 9.74. The van der Waals surface area contributed by atoms with E-state index in [4.69, 9.17) is 9.47 Å². The fourth-order valence-electron chi connectivity index (χ4n) is 3.46. The molecule has 6 nitrogen and oxygen atoms in total. The lowest BCUT2D eigenvalue weighted by Crippen LogP contribution is -2.45. The predicted molar refractivity (Wildman–Crippen MR) is 90.2 cm³/mol. The molecule has 0 radical (unpaired) electrons. The van der Waals surface area contributed by atoms with Crippen LogP contribution in [-0.2, 0) is 9.47 Å². The van der Waals surface area contributed by atoms with Crippen molar-refractivity contribution in [3.8, 4) is 0 Å². The Balaban J connectivity index is 1.73. The van der Waals surface area contributed by atoms with Crippen LogP contribution in [-0.4, -0.2) is 53.1 Å². The zero-order valence-corrected chi connectivity index (χ0v) is 14.6. The van der Waals surface area contributed by atoms with Gasteiger partial charge in [-0.3, -0.25) is 0 Å². The number of ether oxygens (including phenoxy) is 2. The summed E-state index contributed by atoms with van der Waals surface area (Å²) in [6.45, 7) is 7.52. The van der Waals surface area contributed by atoms with Gasteiger partial charge in [-0.2, -0.15) is 0 Å². The van der Waals surface area contributed by atoms with Crippen LogP contribution in [0.25, 0.3) is 0 Å². The van der Waals surface area contributed by atoms with E-state index in [1.807, 2.05) is 32.9 Å². The molecule has 0 saturated carbocycles. The Hall–Kier alpha value is -1.66. The van der Waals surface area contributed by atoms with Gasteiger partial charge in [0.05, 0.1) is 24.0 Å². The van der Waals surface area contributed by atoms with Gasteiger partial charge in [-0.1, -0.05) is 0 Å². The van der Waals surface area contributed by atoms with Crippen molar-refractivity contribution in [1.29, 1.82) is 0 Å². The van der Waals surface area contributed by atoms with E-state index in [-0.39, 0.29) is 11.7 Å².